The molecular weight excluding hydrogens is 385 g/mol. The molecule has 0 aromatic heterocycles. The number of hydrogen-bond donors (Lipinski definition) is 1. The van der Waals surface area contributed by atoms with Gasteiger partial charge in [0.25, 0.3) is 0 Å². The van der Waals surface area contributed by atoms with E-state index in [4.69, 9.17) is 11.6 Å². The van der Waals surface area contributed by atoms with E-state index < -0.39 is 11.8 Å². The predicted molar refractivity (Wildman–Crippen MR) is 103 cm³/mol. The van der Waals surface area contributed by atoms with Crippen molar-refractivity contribution in [2.45, 2.75) is 25.9 Å². The number of anilines is 1. The topological polar surface area (TPSA) is 69.7 Å². The first-order chi connectivity index (χ1) is 13.3. The summed E-state index contributed by atoms with van der Waals surface area (Å²) in [6.45, 7) is 0.242. The van der Waals surface area contributed by atoms with Gasteiger partial charge in [-0.25, -0.2) is 9.18 Å². The second-order valence-electron chi connectivity index (χ2n) is 6.56. The lowest BCUT2D eigenvalue weighted by molar-refractivity contribution is -0.139. The van der Waals surface area contributed by atoms with E-state index in [0.717, 1.165) is 5.56 Å². The third-order valence-corrected chi connectivity index (χ3v) is 4.86. The lowest BCUT2D eigenvalue weighted by atomic mass is 10.2. The number of rotatable bonds is 5. The van der Waals surface area contributed by atoms with Gasteiger partial charge in [0.2, 0.25) is 11.8 Å². The minimum absolute atomic E-state index is 0.0224. The van der Waals surface area contributed by atoms with E-state index >= 15 is 0 Å². The maximum atomic E-state index is 13.9. The molecule has 0 spiro atoms. The zero-order valence-corrected chi connectivity index (χ0v) is 16.0. The maximum absolute atomic E-state index is 13.9. The molecule has 1 aliphatic rings. The molecule has 1 heterocycles. The Morgan fingerprint density at radius 1 is 1.14 bits per heavy atom. The largest absolute Gasteiger partial charge is 0.323 e. The molecule has 1 N–H and O–H groups in total. The first kappa shape index (κ1) is 19.8. The number of halogens is 2. The fourth-order valence-electron chi connectivity index (χ4n) is 2.89. The van der Waals surface area contributed by atoms with Crippen LogP contribution < -0.4 is 5.32 Å². The van der Waals surface area contributed by atoms with Crippen LogP contribution in [0.15, 0.2) is 42.5 Å². The Hall–Kier alpha value is -2.93. The lowest BCUT2D eigenvalue weighted by Crippen LogP contribution is -2.31. The molecule has 1 aliphatic heterocycles. The molecule has 2 aromatic carbocycles. The molecule has 8 heteroatoms. The van der Waals surface area contributed by atoms with Crippen LogP contribution in [0.25, 0.3) is 0 Å². The Kier molecular flexibility index (Phi) is 5.94. The van der Waals surface area contributed by atoms with E-state index in [2.05, 4.69) is 5.32 Å². The molecule has 1 saturated heterocycles. The van der Waals surface area contributed by atoms with Crippen LogP contribution in [0.5, 0.6) is 0 Å². The molecule has 28 heavy (non-hydrogen) atoms. The standard InChI is InChI=1S/C20H19ClFN3O3/c1-24(12-15-16(21)3-2-4-17(15)22)20(28)23-14-7-5-13(6-8-14)11-25-18(26)9-10-19(25)27/h2-8H,9-12H2,1H3,(H,23,28). The number of likely N-dealkylation sites (tertiary alicyclic amines) is 1. The van der Waals surface area contributed by atoms with Gasteiger partial charge in [-0.1, -0.05) is 29.8 Å². The number of nitrogens with zero attached hydrogens (tertiary/aromatic N) is 2. The van der Waals surface area contributed by atoms with Crippen molar-refractivity contribution in [2.75, 3.05) is 12.4 Å². The van der Waals surface area contributed by atoms with Crippen molar-refractivity contribution in [3.63, 3.8) is 0 Å². The Morgan fingerprint density at radius 3 is 2.39 bits per heavy atom. The number of nitrogens with one attached hydrogen (secondary N) is 1. The lowest BCUT2D eigenvalue weighted by Gasteiger charge is -2.19. The van der Waals surface area contributed by atoms with E-state index in [1.54, 1.807) is 30.3 Å². The molecule has 0 unspecified atom stereocenters. The van der Waals surface area contributed by atoms with Crippen LogP contribution >= 0.6 is 11.6 Å². The molecule has 3 rings (SSSR count). The molecule has 1 fully saturated rings. The summed E-state index contributed by atoms with van der Waals surface area (Å²) in [5, 5.41) is 2.97. The SMILES string of the molecule is CN(Cc1c(F)cccc1Cl)C(=O)Nc1ccc(CN2C(=O)CCC2=O)cc1. The van der Waals surface area contributed by atoms with E-state index in [0.29, 0.717) is 5.69 Å². The number of urea groups is 1. The van der Waals surface area contributed by atoms with Crippen molar-refractivity contribution >= 4 is 35.1 Å². The van der Waals surface area contributed by atoms with E-state index in [1.807, 2.05) is 0 Å². The van der Waals surface area contributed by atoms with Gasteiger partial charge in [0.1, 0.15) is 5.82 Å². The Balaban J connectivity index is 1.59. The van der Waals surface area contributed by atoms with Gasteiger partial charge in [-0.2, -0.15) is 0 Å². The van der Waals surface area contributed by atoms with Crippen LogP contribution in [0.1, 0.15) is 24.0 Å². The van der Waals surface area contributed by atoms with Crippen LogP contribution in [0.2, 0.25) is 5.02 Å². The molecular formula is C20H19ClFN3O3. The number of carbonyl (C=O) groups is 3. The van der Waals surface area contributed by atoms with Crippen LogP contribution in [0, 0.1) is 5.82 Å². The highest BCUT2D eigenvalue weighted by Crippen LogP contribution is 2.21. The molecule has 146 valence electrons. The third kappa shape index (κ3) is 4.48. The van der Waals surface area contributed by atoms with Gasteiger partial charge in [-0.3, -0.25) is 14.5 Å². The van der Waals surface area contributed by atoms with Crippen LogP contribution in [0.4, 0.5) is 14.9 Å². The first-order valence-corrected chi connectivity index (χ1v) is 9.10. The molecule has 2 aromatic rings. The highest BCUT2D eigenvalue weighted by Gasteiger charge is 2.28. The molecule has 0 bridgehead atoms. The minimum atomic E-state index is -0.470. The van der Waals surface area contributed by atoms with E-state index in [-0.39, 0.29) is 48.3 Å². The predicted octanol–water partition coefficient (Wildman–Crippen LogP) is 3.79. The second kappa shape index (κ2) is 8.39. The average molecular weight is 404 g/mol. The van der Waals surface area contributed by atoms with Crippen LogP contribution in [-0.4, -0.2) is 34.7 Å². The maximum Gasteiger partial charge on any atom is 0.321 e. The third-order valence-electron chi connectivity index (χ3n) is 4.50. The summed E-state index contributed by atoms with van der Waals surface area (Å²) < 4.78 is 13.9. The zero-order chi connectivity index (χ0) is 20.3. The average Bonchev–Trinajstić information content (AvgIpc) is 2.98. The number of hydrogen-bond acceptors (Lipinski definition) is 3. The van der Waals surface area contributed by atoms with Gasteiger partial charge >= 0.3 is 6.03 Å². The van der Waals surface area contributed by atoms with Crippen molar-refractivity contribution in [2.24, 2.45) is 0 Å². The smallest absolute Gasteiger partial charge is 0.321 e. The monoisotopic (exact) mass is 403 g/mol. The number of amides is 4. The van der Waals surface area contributed by atoms with Gasteiger partial charge in [-0.05, 0) is 29.8 Å². The summed E-state index contributed by atoms with van der Waals surface area (Å²) in [6, 6.07) is 10.8. The minimum Gasteiger partial charge on any atom is -0.323 e. The summed E-state index contributed by atoms with van der Waals surface area (Å²) >= 11 is 6.00. The summed E-state index contributed by atoms with van der Waals surface area (Å²) in [6.07, 6.45) is 0.511. The first-order valence-electron chi connectivity index (χ1n) is 8.72. The fourth-order valence-corrected chi connectivity index (χ4v) is 3.11. The number of imide groups is 1. The molecule has 0 radical (unpaired) electrons. The van der Waals surface area contributed by atoms with Crippen molar-refractivity contribution in [3.05, 3.63) is 64.4 Å². The van der Waals surface area contributed by atoms with Gasteiger partial charge in [0.05, 0.1) is 13.1 Å². The van der Waals surface area contributed by atoms with E-state index in [1.165, 1.54) is 29.0 Å². The van der Waals surface area contributed by atoms with Gasteiger partial charge in [-0.15, -0.1) is 0 Å². The summed E-state index contributed by atoms with van der Waals surface area (Å²) in [5.41, 5.74) is 1.57. The number of benzene rings is 2. The van der Waals surface area contributed by atoms with Gasteiger partial charge in [0.15, 0.2) is 0 Å². The summed E-state index contributed by atoms with van der Waals surface area (Å²) in [4.78, 5) is 38.3. The molecule has 6 nitrogen and oxygen atoms in total. The van der Waals surface area contributed by atoms with Crippen LogP contribution in [0.3, 0.4) is 0 Å². The highest BCUT2D eigenvalue weighted by molar-refractivity contribution is 6.31. The van der Waals surface area contributed by atoms with Crippen molar-refractivity contribution in [1.82, 2.24) is 9.80 Å². The summed E-state index contributed by atoms with van der Waals surface area (Å²) in [5.74, 6) is -0.811. The molecule has 0 atom stereocenters. The highest BCUT2D eigenvalue weighted by atomic mass is 35.5. The van der Waals surface area contributed by atoms with Crippen molar-refractivity contribution in [1.29, 1.82) is 0 Å². The quantitative estimate of drug-likeness (QED) is 0.772. The van der Waals surface area contributed by atoms with Crippen LogP contribution in [-0.2, 0) is 22.7 Å². The normalized spacial score (nSPS) is 13.8. The fraction of sp³-hybridized carbons (Fsp3) is 0.250. The Labute approximate surface area is 166 Å². The van der Waals surface area contributed by atoms with Crippen molar-refractivity contribution in [3.8, 4) is 0 Å². The molecule has 0 aliphatic carbocycles. The molecule has 0 saturated carbocycles. The number of carbonyl (C=O) groups excluding carboxylic acids is 3. The van der Waals surface area contributed by atoms with Gasteiger partial charge in [0, 0.05) is 36.2 Å². The Bertz CT molecular complexity index is 881. The zero-order valence-electron chi connectivity index (χ0n) is 15.2. The van der Waals surface area contributed by atoms with Crippen molar-refractivity contribution < 1.29 is 18.8 Å². The van der Waals surface area contributed by atoms with E-state index in [9.17, 15) is 18.8 Å². The molecule has 4 amide bonds. The summed E-state index contributed by atoms with van der Waals surface area (Å²) in [7, 11) is 1.54. The Morgan fingerprint density at radius 2 is 1.79 bits per heavy atom. The van der Waals surface area contributed by atoms with Gasteiger partial charge < -0.3 is 10.2 Å². The second-order valence-corrected chi connectivity index (χ2v) is 6.96.